The number of aromatic nitrogens is 2. The van der Waals surface area contributed by atoms with Crippen molar-refractivity contribution in [2.45, 2.75) is 26.3 Å². The van der Waals surface area contributed by atoms with Crippen LogP contribution >= 0.6 is 0 Å². The molecule has 1 aromatic heterocycles. The first-order valence-corrected chi connectivity index (χ1v) is 7.76. The van der Waals surface area contributed by atoms with Crippen LogP contribution in [0.25, 0.3) is 0 Å². The van der Waals surface area contributed by atoms with Gasteiger partial charge in [-0.25, -0.2) is 14.4 Å². The van der Waals surface area contributed by atoms with E-state index in [1.54, 1.807) is 31.2 Å². The maximum Gasteiger partial charge on any atom is 0.272 e. The van der Waals surface area contributed by atoms with E-state index in [-0.39, 0.29) is 11.7 Å². The topological polar surface area (TPSA) is 58.1 Å². The van der Waals surface area contributed by atoms with Gasteiger partial charge >= 0.3 is 0 Å². The summed E-state index contributed by atoms with van der Waals surface area (Å²) in [5.41, 5.74) is 0.937. The largest absolute Gasteiger partial charge is 0.366 e. The zero-order chi connectivity index (χ0) is 16.2. The van der Waals surface area contributed by atoms with Crippen LogP contribution in [0.4, 0.5) is 10.2 Å². The summed E-state index contributed by atoms with van der Waals surface area (Å²) in [5, 5.41) is 3.07. The van der Waals surface area contributed by atoms with Crippen LogP contribution in [0.15, 0.2) is 30.3 Å². The Hall–Kier alpha value is -2.50. The molecule has 23 heavy (non-hydrogen) atoms. The van der Waals surface area contributed by atoms with E-state index in [4.69, 9.17) is 0 Å². The van der Waals surface area contributed by atoms with E-state index in [1.807, 2.05) is 4.90 Å². The number of benzene rings is 1. The summed E-state index contributed by atoms with van der Waals surface area (Å²) in [4.78, 5) is 22.7. The molecular formula is C17H19FN4O. The van der Waals surface area contributed by atoms with Gasteiger partial charge in [-0.15, -0.1) is 0 Å². The number of rotatable bonds is 4. The lowest BCUT2D eigenvalue weighted by molar-refractivity contribution is 0.0786. The molecule has 0 aliphatic carbocycles. The second kappa shape index (κ2) is 6.73. The van der Waals surface area contributed by atoms with Crippen molar-refractivity contribution in [3.05, 3.63) is 53.2 Å². The highest BCUT2D eigenvalue weighted by Gasteiger charge is 2.21. The highest BCUT2D eigenvalue weighted by molar-refractivity contribution is 5.93. The molecule has 0 unspecified atom stereocenters. The van der Waals surface area contributed by atoms with Crippen LogP contribution < -0.4 is 5.32 Å². The molecule has 1 amide bonds. The van der Waals surface area contributed by atoms with E-state index < -0.39 is 0 Å². The number of halogens is 1. The average Bonchev–Trinajstić information content (AvgIpc) is 3.07. The minimum atomic E-state index is -0.265. The molecule has 1 N–H and O–H groups in total. The number of carbonyl (C=O) groups excluding carboxylic acids is 1. The number of nitrogens with one attached hydrogen (secondary N) is 1. The van der Waals surface area contributed by atoms with E-state index in [1.165, 1.54) is 6.07 Å². The Labute approximate surface area is 134 Å². The predicted octanol–water partition coefficient (Wildman–Crippen LogP) is 2.77. The highest BCUT2D eigenvalue weighted by Crippen LogP contribution is 2.15. The van der Waals surface area contributed by atoms with Gasteiger partial charge in [0.15, 0.2) is 0 Å². The smallest absolute Gasteiger partial charge is 0.272 e. The van der Waals surface area contributed by atoms with Gasteiger partial charge in [0.05, 0.1) is 0 Å². The molecule has 1 aliphatic heterocycles. The molecule has 1 saturated heterocycles. The summed E-state index contributed by atoms with van der Waals surface area (Å²) in [6.45, 7) is 3.61. The van der Waals surface area contributed by atoms with Crippen molar-refractivity contribution in [1.82, 2.24) is 14.9 Å². The normalized spacial score (nSPS) is 14.1. The van der Waals surface area contributed by atoms with Crippen molar-refractivity contribution >= 4 is 11.7 Å². The Morgan fingerprint density at radius 3 is 2.74 bits per heavy atom. The number of hydrogen-bond acceptors (Lipinski definition) is 4. The summed E-state index contributed by atoms with van der Waals surface area (Å²) >= 11 is 0. The quantitative estimate of drug-likeness (QED) is 0.943. The van der Waals surface area contributed by atoms with E-state index >= 15 is 0 Å². The van der Waals surface area contributed by atoms with Gasteiger partial charge in [0.2, 0.25) is 0 Å². The molecule has 1 aromatic carbocycles. The first-order valence-electron chi connectivity index (χ1n) is 7.76. The number of nitrogens with zero attached hydrogens (tertiary/aromatic N) is 3. The van der Waals surface area contributed by atoms with Crippen LogP contribution in [0.5, 0.6) is 0 Å². The summed E-state index contributed by atoms with van der Waals surface area (Å²) in [6.07, 6.45) is 2.07. The zero-order valence-corrected chi connectivity index (χ0v) is 13.1. The van der Waals surface area contributed by atoms with Crippen LogP contribution in [-0.2, 0) is 6.54 Å². The van der Waals surface area contributed by atoms with Crippen LogP contribution in [0, 0.1) is 12.7 Å². The van der Waals surface area contributed by atoms with Crippen molar-refractivity contribution in [2.75, 3.05) is 18.4 Å². The second-order valence-corrected chi connectivity index (χ2v) is 5.63. The van der Waals surface area contributed by atoms with Crippen molar-refractivity contribution in [2.24, 2.45) is 0 Å². The molecule has 120 valence electrons. The third kappa shape index (κ3) is 3.64. The molecule has 5 nitrogen and oxygen atoms in total. The lowest BCUT2D eigenvalue weighted by atomic mass is 10.2. The first-order chi connectivity index (χ1) is 11.1. The molecule has 0 bridgehead atoms. The standard InChI is InChI=1S/C17H19FN4O/c1-12-20-15(17(23)22-8-4-5-9-22)10-16(21-12)19-11-13-6-2-3-7-14(13)18/h2-3,6-7,10H,4-5,8-9,11H2,1H3,(H,19,20,21). The van der Waals surface area contributed by atoms with Gasteiger partial charge < -0.3 is 10.2 Å². The average molecular weight is 314 g/mol. The van der Waals surface area contributed by atoms with Gasteiger partial charge in [-0.3, -0.25) is 4.79 Å². The molecule has 1 fully saturated rings. The number of aryl methyl sites for hydroxylation is 1. The van der Waals surface area contributed by atoms with Gasteiger partial charge in [-0.05, 0) is 25.8 Å². The number of amides is 1. The van der Waals surface area contributed by atoms with Gasteiger partial charge in [-0.2, -0.15) is 0 Å². The molecule has 0 spiro atoms. The van der Waals surface area contributed by atoms with Crippen LogP contribution in [0.3, 0.4) is 0 Å². The third-order valence-electron chi connectivity index (χ3n) is 3.87. The first kappa shape index (κ1) is 15.4. The lowest BCUT2D eigenvalue weighted by Crippen LogP contribution is -2.28. The molecule has 1 aliphatic rings. The molecule has 0 atom stereocenters. The van der Waals surface area contributed by atoms with Crippen molar-refractivity contribution in [3.8, 4) is 0 Å². The Kier molecular flexibility index (Phi) is 4.50. The molecule has 2 aromatic rings. The highest BCUT2D eigenvalue weighted by atomic mass is 19.1. The molecule has 2 heterocycles. The van der Waals surface area contributed by atoms with Gasteiger partial charge in [0, 0.05) is 31.3 Å². The maximum atomic E-state index is 13.6. The molecule has 6 heteroatoms. The van der Waals surface area contributed by atoms with Gasteiger partial charge in [-0.1, -0.05) is 18.2 Å². The van der Waals surface area contributed by atoms with Crippen LogP contribution in [0.1, 0.15) is 34.7 Å². The van der Waals surface area contributed by atoms with Crippen molar-refractivity contribution in [3.63, 3.8) is 0 Å². The summed E-state index contributed by atoms with van der Waals surface area (Å²) < 4.78 is 13.6. The fourth-order valence-electron chi connectivity index (χ4n) is 2.68. The van der Waals surface area contributed by atoms with Gasteiger partial charge in [0.25, 0.3) is 5.91 Å². The monoisotopic (exact) mass is 314 g/mol. The van der Waals surface area contributed by atoms with E-state index in [9.17, 15) is 9.18 Å². The Morgan fingerprint density at radius 1 is 1.26 bits per heavy atom. The predicted molar refractivity (Wildman–Crippen MR) is 85.6 cm³/mol. The van der Waals surface area contributed by atoms with E-state index in [0.717, 1.165) is 25.9 Å². The number of hydrogen-bond donors (Lipinski definition) is 1. The Balaban J connectivity index is 1.75. The fraction of sp³-hybridized carbons (Fsp3) is 0.353. The number of likely N-dealkylation sites (tertiary alicyclic amines) is 1. The number of anilines is 1. The second-order valence-electron chi connectivity index (χ2n) is 5.63. The lowest BCUT2D eigenvalue weighted by Gasteiger charge is -2.15. The number of carbonyl (C=O) groups is 1. The van der Waals surface area contributed by atoms with Crippen molar-refractivity contribution < 1.29 is 9.18 Å². The van der Waals surface area contributed by atoms with Crippen LogP contribution in [-0.4, -0.2) is 33.9 Å². The minimum absolute atomic E-state index is 0.0676. The fourth-order valence-corrected chi connectivity index (χ4v) is 2.68. The molecule has 0 saturated carbocycles. The summed E-state index contributed by atoms with van der Waals surface area (Å²) in [7, 11) is 0. The SMILES string of the molecule is Cc1nc(NCc2ccccc2F)cc(C(=O)N2CCCC2)n1. The van der Waals surface area contributed by atoms with Gasteiger partial charge in [0.1, 0.15) is 23.2 Å². The van der Waals surface area contributed by atoms with Crippen molar-refractivity contribution in [1.29, 1.82) is 0 Å². The van der Waals surface area contributed by atoms with Crippen LogP contribution in [0.2, 0.25) is 0 Å². The molecule has 0 radical (unpaired) electrons. The zero-order valence-electron chi connectivity index (χ0n) is 13.1. The molecule has 3 rings (SSSR count). The minimum Gasteiger partial charge on any atom is -0.366 e. The molecular weight excluding hydrogens is 295 g/mol. The van der Waals surface area contributed by atoms with E-state index in [2.05, 4.69) is 15.3 Å². The van der Waals surface area contributed by atoms with E-state index in [0.29, 0.717) is 29.4 Å². The summed E-state index contributed by atoms with van der Waals surface area (Å²) in [6, 6.07) is 8.21. The Morgan fingerprint density at radius 2 is 2.00 bits per heavy atom. The third-order valence-corrected chi connectivity index (χ3v) is 3.87. The maximum absolute atomic E-state index is 13.6. The Bertz CT molecular complexity index is 713. The summed E-state index contributed by atoms with van der Waals surface area (Å²) in [5.74, 6) is 0.718.